The van der Waals surface area contributed by atoms with Crippen LogP contribution in [0.15, 0.2) is 54.6 Å². The molecule has 2 heterocycles. The van der Waals surface area contributed by atoms with Crippen LogP contribution in [0.2, 0.25) is 0 Å². The van der Waals surface area contributed by atoms with Crippen molar-refractivity contribution < 1.29 is 14.4 Å². The Kier molecular flexibility index (Phi) is 6.02. The zero-order chi connectivity index (χ0) is 23.7. The average molecular weight is 461 g/mol. The van der Waals surface area contributed by atoms with Gasteiger partial charge in [0.2, 0.25) is 11.8 Å². The number of hydrogen-bond donors (Lipinski definition) is 1. The highest BCUT2D eigenvalue weighted by atomic mass is 16.2. The Labute approximate surface area is 200 Å². The summed E-state index contributed by atoms with van der Waals surface area (Å²) < 4.78 is 0. The third-order valence-electron chi connectivity index (χ3n) is 7.39. The van der Waals surface area contributed by atoms with Gasteiger partial charge in [-0.3, -0.25) is 14.4 Å². The molecule has 0 bridgehead atoms. The van der Waals surface area contributed by atoms with E-state index in [4.69, 9.17) is 0 Å². The summed E-state index contributed by atoms with van der Waals surface area (Å²) >= 11 is 0. The van der Waals surface area contributed by atoms with Gasteiger partial charge in [-0.05, 0) is 61.9 Å². The quantitative estimate of drug-likeness (QED) is 0.718. The van der Waals surface area contributed by atoms with E-state index in [0.29, 0.717) is 32.6 Å². The summed E-state index contributed by atoms with van der Waals surface area (Å²) in [6.45, 7) is 3.61. The number of para-hydroxylation sites is 1. The zero-order valence-electron chi connectivity index (χ0n) is 19.7. The summed E-state index contributed by atoms with van der Waals surface area (Å²) in [6, 6.07) is 17.7. The molecule has 178 valence electrons. The lowest BCUT2D eigenvalue weighted by Gasteiger charge is -2.43. The minimum atomic E-state index is -0.718. The molecule has 1 N–H and O–H groups in total. The van der Waals surface area contributed by atoms with Crippen LogP contribution in [0, 0.1) is 5.92 Å². The summed E-state index contributed by atoms with van der Waals surface area (Å²) in [6.07, 6.45) is 4.07. The topological polar surface area (TPSA) is 73.0 Å². The van der Waals surface area contributed by atoms with Gasteiger partial charge in [-0.1, -0.05) is 37.3 Å². The van der Waals surface area contributed by atoms with Gasteiger partial charge in [-0.15, -0.1) is 0 Å². The van der Waals surface area contributed by atoms with Gasteiger partial charge < -0.3 is 20.0 Å². The van der Waals surface area contributed by atoms with Crippen molar-refractivity contribution in [2.75, 3.05) is 36.5 Å². The number of carbonyl (C=O) groups excluding carboxylic acids is 3. The molecule has 3 amide bonds. The Morgan fingerprint density at radius 2 is 1.68 bits per heavy atom. The van der Waals surface area contributed by atoms with E-state index in [1.54, 1.807) is 4.90 Å². The number of nitrogens with zero attached hydrogens (tertiary/aromatic N) is 3. The summed E-state index contributed by atoms with van der Waals surface area (Å²) in [5.41, 5.74) is 2.19. The first kappa shape index (κ1) is 22.4. The molecule has 1 aliphatic carbocycles. The van der Waals surface area contributed by atoms with Crippen LogP contribution >= 0.6 is 0 Å². The van der Waals surface area contributed by atoms with Crippen molar-refractivity contribution in [2.45, 2.75) is 44.6 Å². The molecule has 1 spiro atoms. The number of benzene rings is 2. The first-order chi connectivity index (χ1) is 16.5. The van der Waals surface area contributed by atoms with Crippen LogP contribution in [0.4, 0.5) is 11.4 Å². The third-order valence-corrected chi connectivity index (χ3v) is 7.39. The maximum atomic E-state index is 13.8. The van der Waals surface area contributed by atoms with Crippen molar-refractivity contribution in [1.82, 2.24) is 9.80 Å². The molecule has 0 radical (unpaired) electrons. The number of nitrogens with one attached hydrogen (secondary N) is 1. The van der Waals surface area contributed by atoms with Crippen molar-refractivity contribution in [3.8, 4) is 0 Å². The van der Waals surface area contributed by atoms with Crippen LogP contribution < -0.4 is 10.2 Å². The van der Waals surface area contributed by atoms with Crippen LogP contribution in [0.1, 0.15) is 38.2 Å². The Morgan fingerprint density at radius 1 is 1.00 bits per heavy atom. The molecule has 7 heteroatoms. The molecule has 0 aromatic heterocycles. The van der Waals surface area contributed by atoms with Gasteiger partial charge in [0.1, 0.15) is 12.1 Å². The smallest absolute Gasteiger partial charge is 0.250 e. The minimum absolute atomic E-state index is 0.00413. The van der Waals surface area contributed by atoms with E-state index in [2.05, 4.69) is 17.1 Å². The molecule has 0 unspecified atom stereocenters. The summed E-state index contributed by atoms with van der Waals surface area (Å²) in [5, 5.41) is 2.92. The van der Waals surface area contributed by atoms with Crippen LogP contribution in [0.5, 0.6) is 0 Å². The third kappa shape index (κ3) is 4.27. The maximum Gasteiger partial charge on any atom is 0.250 e. The van der Waals surface area contributed by atoms with Gasteiger partial charge in [0.15, 0.2) is 0 Å². The fourth-order valence-corrected chi connectivity index (χ4v) is 5.21. The second-order valence-corrected chi connectivity index (χ2v) is 9.64. The van der Waals surface area contributed by atoms with Crippen molar-refractivity contribution in [2.24, 2.45) is 5.92 Å². The number of piperidine rings is 1. The summed E-state index contributed by atoms with van der Waals surface area (Å²) in [7, 11) is 0. The fourth-order valence-electron chi connectivity index (χ4n) is 5.21. The van der Waals surface area contributed by atoms with Crippen molar-refractivity contribution in [3.05, 3.63) is 60.2 Å². The normalized spacial score (nSPS) is 19.6. The molecule has 5 rings (SSSR count). The molecule has 7 nitrogen and oxygen atoms in total. The first-order valence-electron chi connectivity index (χ1n) is 12.3. The Balaban J connectivity index is 1.31. The van der Waals surface area contributed by atoms with E-state index < -0.39 is 5.54 Å². The van der Waals surface area contributed by atoms with Gasteiger partial charge in [0.25, 0.3) is 5.91 Å². The lowest BCUT2D eigenvalue weighted by atomic mass is 9.85. The number of aryl methyl sites for hydroxylation is 1. The van der Waals surface area contributed by atoms with E-state index in [0.717, 1.165) is 30.6 Å². The molecule has 2 aliphatic heterocycles. The van der Waals surface area contributed by atoms with E-state index in [1.807, 2.05) is 59.5 Å². The number of amides is 3. The van der Waals surface area contributed by atoms with Gasteiger partial charge in [0, 0.05) is 30.4 Å². The van der Waals surface area contributed by atoms with Crippen molar-refractivity contribution in [3.63, 3.8) is 0 Å². The first-order valence-corrected chi connectivity index (χ1v) is 12.3. The minimum Gasteiger partial charge on any atom is -0.342 e. The van der Waals surface area contributed by atoms with Gasteiger partial charge >= 0.3 is 0 Å². The second-order valence-electron chi connectivity index (χ2n) is 9.64. The standard InChI is InChI=1S/C27H32N4O3/c1-2-20-8-12-22(13-9-20)28-24(32)18-30-19-31(23-6-4-3-5-7-23)27(26(30)34)14-16-29(17-15-27)25(33)21-10-11-21/h3-9,12-13,21H,2,10-11,14-19H2,1H3,(H,28,32). The van der Waals surface area contributed by atoms with Gasteiger partial charge in [-0.2, -0.15) is 0 Å². The molecule has 2 saturated heterocycles. The molecular formula is C27H32N4O3. The van der Waals surface area contributed by atoms with E-state index in [1.165, 1.54) is 5.56 Å². The van der Waals surface area contributed by atoms with Gasteiger partial charge in [0.05, 0.1) is 6.67 Å². The Morgan fingerprint density at radius 3 is 2.29 bits per heavy atom. The Bertz CT molecular complexity index is 1060. The molecule has 34 heavy (non-hydrogen) atoms. The van der Waals surface area contributed by atoms with E-state index in [-0.39, 0.29) is 30.2 Å². The van der Waals surface area contributed by atoms with Crippen LogP contribution in [-0.4, -0.2) is 59.4 Å². The number of rotatable bonds is 6. The highest BCUT2D eigenvalue weighted by Crippen LogP contribution is 2.40. The van der Waals surface area contributed by atoms with Crippen molar-refractivity contribution >= 4 is 29.1 Å². The number of hydrogen-bond acceptors (Lipinski definition) is 4. The van der Waals surface area contributed by atoms with Crippen LogP contribution in [-0.2, 0) is 20.8 Å². The molecule has 0 atom stereocenters. The van der Waals surface area contributed by atoms with E-state index >= 15 is 0 Å². The summed E-state index contributed by atoms with van der Waals surface area (Å²) in [5.74, 6) is 0.192. The van der Waals surface area contributed by atoms with Gasteiger partial charge in [-0.25, -0.2) is 0 Å². The number of carbonyl (C=O) groups is 3. The lowest BCUT2D eigenvalue weighted by Crippen LogP contribution is -2.57. The molecule has 2 aromatic carbocycles. The number of likely N-dealkylation sites (tertiary alicyclic amines) is 1. The SMILES string of the molecule is CCc1ccc(NC(=O)CN2CN(c3ccccc3)C3(CCN(C(=O)C4CC4)CC3)C2=O)cc1. The predicted molar refractivity (Wildman–Crippen MR) is 131 cm³/mol. The highest BCUT2D eigenvalue weighted by molar-refractivity contribution is 5.99. The lowest BCUT2D eigenvalue weighted by molar-refractivity contribution is -0.140. The van der Waals surface area contributed by atoms with Crippen LogP contribution in [0.25, 0.3) is 0 Å². The molecular weight excluding hydrogens is 428 g/mol. The Hall–Kier alpha value is -3.35. The molecule has 2 aromatic rings. The van der Waals surface area contributed by atoms with E-state index in [9.17, 15) is 14.4 Å². The maximum absolute atomic E-state index is 13.8. The molecule has 1 saturated carbocycles. The molecule has 3 fully saturated rings. The monoisotopic (exact) mass is 460 g/mol. The highest BCUT2D eigenvalue weighted by Gasteiger charge is 2.54. The molecule has 3 aliphatic rings. The number of anilines is 2. The van der Waals surface area contributed by atoms with Crippen molar-refractivity contribution in [1.29, 1.82) is 0 Å². The zero-order valence-corrected chi connectivity index (χ0v) is 19.7. The average Bonchev–Trinajstić information content (AvgIpc) is 3.69. The fraction of sp³-hybridized carbons (Fsp3) is 0.444. The van der Waals surface area contributed by atoms with Crippen LogP contribution in [0.3, 0.4) is 0 Å². The largest absolute Gasteiger partial charge is 0.342 e. The second kappa shape index (κ2) is 9.12. The predicted octanol–water partition coefficient (Wildman–Crippen LogP) is 3.27. The summed E-state index contributed by atoms with van der Waals surface area (Å²) in [4.78, 5) is 44.9.